The molecular formula is C9H12N2O3. The van der Waals surface area contributed by atoms with Crippen LogP contribution >= 0.6 is 0 Å². The molecule has 0 saturated heterocycles. The monoisotopic (exact) mass is 196 g/mol. The quantitative estimate of drug-likeness (QED) is 0.583. The van der Waals surface area contributed by atoms with Gasteiger partial charge in [0.25, 0.3) is 0 Å². The largest absolute Gasteiger partial charge is 0.393 e. The van der Waals surface area contributed by atoms with Gasteiger partial charge in [-0.05, 0) is 6.07 Å². The van der Waals surface area contributed by atoms with Crippen LogP contribution in [0, 0.1) is 0 Å². The molecule has 0 saturated carbocycles. The molecule has 1 aromatic rings. The van der Waals surface area contributed by atoms with E-state index in [0.29, 0.717) is 11.3 Å². The minimum atomic E-state index is -0.926. The molecule has 14 heavy (non-hydrogen) atoms. The highest BCUT2D eigenvalue weighted by molar-refractivity contribution is 5.76. The van der Waals surface area contributed by atoms with Crippen LogP contribution in [0.2, 0.25) is 0 Å². The number of carbonyl (C=O) groups excluding carboxylic acids is 1. The molecule has 5 nitrogen and oxygen atoms in total. The van der Waals surface area contributed by atoms with Gasteiger partial charge in [0, 0.05) is 17.5 Å². The van der Waals surface area contributed by atoms with Crippen molar-refractivity contribution in [1.29, 1.82) is 0 Å². The van der Waals surface area contributed by atoms with Gasteiger partial charge in [-0.2, -0.15) is 0 Å². The molecule has 0 radical (unpaired) electrons. The Hall–Kier alpha value is -1.46. The summed E-state index contributed by atoms with van der Waals surface area (Å²) in [6, 6.07) is 3.20. The lowest BCUT2D eigenvalue weighted by atomic mass is 10.1. The number of aliphatic hydroxyl groups is 2. The van der Waals surface area contributed by atoms with Crippen LogP contribution in [-0.2, 0) is 11.2 Å². The number of nitrogens with two attached hydrogens (primary N) is 1. The third-order valence-corrected chi connectivity index (χ3v) is 1.76. The molecule has 0 bridgehead atoms. The second-order valence-electron chi connectivity index (χ2n) is 2.92. The number of hydrogen-bond donors (Lipinski definition) is 3. The summed E-state index contributed by atoms with van der Waals surface area (Å²) in [4.78, 5) is 14.5. The molecule has 1 rings (SSSR count). The first kappa shape index (κ1) is 10.6. The second-order valence-corrected chi connectivity index (χ2v) is 2.92. The number of hydrogen-bond acceptors (Lipinski definition) is 4. The van der Waals surface area contributed by atoms with Crippen molar-refractivity contribution >= 4 is 5.91 Å². The maximum absolute atomic E-state index is 10.5. The van der Waals surface area contributed by atoms with Crippen LogP contribution in [-0.4, -0.2) is 27.7 Å². The van der Waals surface area contributed by atoms with Crippen molar-refractivity contribution in [2.24, 2.45) is 5.73 Å². The normalized spacial score (nSPS) is 12.4. The van der Waals surface area contributed by atoms with Crippen LogP contribution < -0.4 is 5.73 Å². The first-order valence-electron chi connectivity index (χ1n) is 4.15. The van der Waals surface area contributed by atoms with Gasteiger partial charge in [0.2, 0.25) is 5.91 Å². The molecule has 5 heteroatoms. The highest BCUT2D eigenvalue weighted by Gasteiger charge is 2.06. The fraction of sp³-hybridized carbons (Fsp3) is 0.333. The zero-order chi connectivity index (χ0) is 10.6. The second kappa shape index (κ2) is 4.69. The number of aromatic nitrogens is 1. The van der Waals surface area contributed by atoms with Gasteiger partial charge in [0.1, 0.15) is 6.10 Å². The standard InChI is InChI=1S/C9H12N2O3/c10-9(14)3-7-2-1-6(4-11-7)8(13)5-12/h1-2,4,8,12-13H,3,5H2,(H2,10,14). The number of pyridine rings is 1. The maximum atomic E-state index is 10.5. The molecule has 1 atom stereocenters. The van der Waals surface area contributed by atoms with Crippen molar-refractivity contribution in [3.63, 3.8) is 0 Å². The SMILES string of the molecule is NC(=O)Cc1ccc(C(O)CO)cn1. The van der Waals surface area contributed by atoms with Crippen LogP contribution in [0.1, 0.15) is 17.4 Å². The van der Waals surface area contributed by atoms with E-state index >= 15 is 0 Å². The Morgan fingerprint density at radius 3 is 2.71 bits per heavy atom. The van der Waals surface area contributed by atoms with Gasteiger partial charge in [0.15, 0.2) is 0 Å². The molecule has 1 heterocycles. The Labute approximate surface area is 81.2 Å². The Balaban J connectivity index is 2.73. The van der Waals surface area contributed by atoms with E-state index in [9.17, 15) is 9.90 Å². The van der Waals surface area contributed by atoms with Gasteiger partial charge in [0.05, 0.1) is 13.0 Å². The molecule has 1 unspecified atom stereocenters. The number of amides is 1. The molecule has 0 aliphatic carbocycles. The molecule has 0 aromatic carbocycles. The number of rotatable bonds is 4. The fourth-order valence-corrected chi connectivity index (χ4v) is 1.02. The van der Waals surface area contributed by atoms with Crippen molar-refractivity contribution < 1.29 is 15.0 Å². The van der Waals surface area contributed by atoms with E-state index in [2.05, 4.69) is 4.98 Å². The molecule has 1 aromatic heterocycles. The number of nitrogens with zero attached hydrogens (tertiary/aromatic N) is 1. The summed E-state index contributed by atoms with van der Waals surface area (Å²) in [5, 5.41) is 17.9. The molecule has 4 N–H and O–H groups in total. The van der Waals surface area contributed by atoms with E-state index < -0.39 is 12.0 Å². The molecule has 0 fully saturated rings. The Morgan fingerprint density at radius 2 is 2.29 bits per heavy atom. The van der Waals surface area contributed by atoms with Crippen molar-refractivity contribution in [3.8, 4) is 0 Å². The van der Waals surface area contributed by atoms with Crippen LogP contribution in [0.15, 0.2) is 18.3 Å². The first-order valence-corrected chi connectivity index (χ1v) is 4.15. The maximum Gasteiger partial charge on any atom is 0.223 e. The molecule has 76 valence electrons. The van der Waals surface area contributed by atoms with Crippen molar-refractivity contribution in [3.05, 3.63) is 29.6 Å². The minimum absolute atomic E-state index is 0.0789. The van der Waals surface area contributed by atoms with Gasteiger partial charge in [-0.1, -0.05) is 6.07 Å². The van der Waals surface area contributed by atoms with Gasteiger partial charge in [-0.25, -0.2) is 0 Å². The van der Waals surface area contributed by atoms with Gasteiger partial charge in [-0.3, -0.25) is 9.78 Å². The lowest BCUT2D eigenvalue weighted by molar-refractivity contribution is -0.117. The number of aliphatic hydroxyl groups excluding tert-OH is 2. The van der Waals surface area contributed by atoms with Gasteiger partial charge >= 0.3 is 0 Å². The minimum Gasteiger partial charge on any atom is -0.393 e. The van der Waals surface area contributed by atoms with E-state index in [4.69, 9.17) is 10.8 Å². The Bertz CT molecular complexity index is 310. The van der Waals surface area contributed by atoms with Crippen molar-refractivity contribution in [1.82, 2.24) is 4.98 Å². The molecule has 0 aliphatic rings. The van der Waals surface area contributed by atoms with Crippen LogP contribution in [0.5, 0.6) is 0 Å². The van der Waals surface area contributed by atoms with E-state index in [1.54, 1.807) is 12.1 Å². The van der Waals surface area contributed by atoms with E-state index in [1.807, 2.05) is 0 Å². The summed E-state index contributed by atoms with van der Waals surface area (Å²) in [7, 11) is 0. The fourth-order valence-electron chi connectivity index (χ4n) is 1.02. The number of primary amides is 1. The summed E-state index contributed by atoms with van der Waals surface area (Å²) in [5.41, 5.74) is 6.04. The molecule has 0 spiro atoms. The highest BCUT2D eigenvalue weighted by atomic mass is 16.3. The van der Waals surface area contributed by atoms with Crippen LogP contribution in [0.25, 0.3) is 0 Å². The van der Waals surface area contributed by atoms with Crippen molar-refractivity contribution in [2.75, 3.05) is 6.61 Å². The lowest BCUT2D eigenvalue weighted by Crippen LogP contribution is -2.14. The smallest absolute Gasteiger partial charge is 0.223 e. The van der Waals surface area contributed by atoms with Gasteiger partial charge in [-0.15, -0.1) is 0 Å². The zero-order valence-corrected chi connectivity index (χ0v) is 7.55. The van der Waals surface area contributed by atoms with Crippen LogP contribution in [0.4, 0.5) is 0 Å². The molecular weight excluding hydrogens is 184 g/mol. The first-order chi connectivity index (χ1) is 6.63. The Kier molecular flexibility index (Phi) is 3.55. The van der Waals surface area contributed by atoms with Crippen molar-refractivity contribution in [2.45, 2.75) is 12.5 Å². The lowest BCUT2D eigenvalue weighted by Gasteiger charge is -2.06. The summed E-state index contributed by atoms with van der Waals surface area (Å²) >= 11 is 0. The summed E-state index contributed by atoms with van der Waals surface area (Å²) in [6.07, 6.45) is 0.569. The third kappa shape index (κ3) is 2.79. The topological polar surface area (TPSA) is 96.4 Å². The van der Waals surface area contributed by atoms with E-state index in [-0.39, 0.29) is 13.0 Å². The summed E-state index contributed by atoms with van der Waals surface area (Å²) in [6.45, 7) is -0.350. The third-order valence-electron chi connectivity index (χ3n) is 1.76. The average Bonchev–Trinajstić information content (AvgIpc) is 2.17. The van der Waals surface area contributed by atoms with E-state index in [0.717, 1.165) is 0 Å². The van der Waals surface area contributed by atoms with Gasteiger partial charge < -0.3 is 15.9 Å². The average molecular weight is 196 g/mol. The zero-order valence-electron chi connectivity index (χ0n) is 7.55. The molecule has 0 aliphatic heterocycles. The Morgan fingerprint density at radius 1 is 1.57 bits per heavy atom. The molecule has 1 amide bonds. The summed E-state index contributed by atoms with van der Waals surface area (Å²) < 4.78 is 0. The van der Waals surface area contributed by atoms with Crippen LogP contribution in [0.3, 0.4) is 0 Å². The predicted octanol–water partition coefficient (Wildman–Crippen LogP) is -0.865. The highest BCUT2D eigenvalue weighted by Crippen LogP contribution is 2.10. The predicted molar refractivity (Wildman–Crippen MR) is 49.2 cm³/mol. The number of carbonyl (C=O) groups is 1. The van der Waals surface area contributed by atoms with E-state index in [1.165, 1.54) is 6.20 Å². The summed E-state index contributed by atoms with van der Waals surface area (Å²) in [5.74, 6) is -0.451.